The Morgan fingerprint density at radius 3 is 2.46 bits per heavy atom. The van der Waals surface area contributed by atoms with Crippen molar-refractivity contribution in [1.29, 1.82) is 0 Å². The van der Waals surface area contributed by atoms with Crippen molar-refractivity contribution in [3.63, 3.8) is 0 Å². The second kappa shape index (κ2) is 7.78. The average Bonchev–Trinajstić information content (AvgIpc) is 2.65. The molecule has 1 N–H and O–H groups in total. The van der Waals surface area contributed by atoms with Crippen molar-refractivity contribution in [2.45, 2.75) is 13.5 Å². The molecule has 0 heterocycles. The standard InChI is InChI=1S/C21H17F2NO2/c1-14-7-10-19(20(11-14)26-13-15-5-3-2-4-6-15)24-21(25)16-8-9-17(22)18(23)12-16/h2-12H,13H2,1H3,(H,24,25). The summed E-state index contributed by atoms with van der Waals surface area (Å²) in [6.07, 6.45) is 0. The summed E-state index contributed by atoms with van der Waals surface area (Å²) < 4.78 is 32.2. The number of anilines is 1. The molecule has 0 aromatic heterocycles. The summed E-state index contributed by atoms with van der Waals surface area (Å²) in [5, 5.41) is 2.68. The van der Waals surface area contributed by atoms with Crippen molar-refractivity contribution in [3.8, 4) is 5.75 Å². The maximum absolute atomic E-state index is 13.3. The van der Waals surface area contributed by atoms with Gasteiger partial charge in [0.15, 0.2) is 11.6 Å². The molecule has 5 heteroatoms. The summed E-state index contributed by atoms with van der Waals surface area (Å²) in [5.74, 6) is -2.10. The topological polar surface area (TPSA) is 38.3 Å². The zero-order chi connectivity index (χ0) is 18.5. The number of halogens is 2. The molecule has 26 heavy (non-hydrogen) atoms. The normalized spacial score (nSPS) is 10.4. The maximum atomic E-state index is 13.3. The van der Waals surface area contributed by atoms with Crippen molar-refractivity contribution in [2.24, 2.45) is 0 Å². The van der Waals surface area contributed by atoms with Gasteiger partial charge >= 0.3 is 0 Å². The van der Waals surface area contributed by atoms with Crippen molar-refractivity contribution in [3.05, 3.63) is 95.1 Å². The number of ether oxygens (including phenoxy) is 1. The number of nitrogens with one attached hydrogen (secondary N) is 1. The van der Waals surface area contributed by atoms with Gasteiger partial charge in [-0.15, -0.1) is 0 Å². The zero-order valence-electron chi connectivity index (χ0n) is 14.1. The fourth-order valence-electron chi connectivity index (χ4n) is 2.42. The zero-order valence-corrected chi connectivity index (χ0v) is 14.1. The highest BCUT2D eigenvalue weighted by Crippen LogP contribution is 2.27. The van der Waals surface area contributed by atoms with Crippen LogP contribution in [-0.2, 0) is 6.61 Å². The second-order valence-electron chi connectivity index (χ2n) is 5.86. The Hall–Kier alpha value is -3.21. The van der Waals surface area contributed by atoms with Crippen LogP contribution < -0.4 is 10.1 Å². The number of benzene rings is 3. The Kier molecular flexibility index (Phi) is 5.27. The van der Waals surface area contributed by atoms with Gasteiger partial charge < -0.3 is 10.1 Å². The fraction of sp³-hybridized carbons (Fsp3) is 0.0952. The first-order chi connectivity index (χ1) is 12.5. The molecule has 0 atom stereocenters. The van der Waals surface area contributed by atoms with Crippen molar-refractivity contribution >= 4 is 11.6 Å². The summed E-state index contributed by atoms with van der Waals surface area (Å²) >= 11 is 0. The van der Waals surface area contributed by atoms with E-state index in [2.05, 4.69) is 5.32 Å². The number of carbonyl (C=O) groups excluding carboxylic acids is 1. The van der Waals surface area contributed by atoms with Gasteiger partial charge in [-0.1, -0.05) is 36.4 Å². The van der Waals surface area contributed by atoms with E-state index in [-0.39, 0.29) is 5.56 Å². The number of amides is 1. The van der Waals surface area contributed by atoms with E-state index >= 15 is 0 Å². The van der Waals surface area contributed by atoms with Crippen LogP contribution in [-0.4, -0.2) is 5.91 Å². The van der Waals surface area contributed by atoms with Crippen LogP contribution in [0.15, 0.2) is 66.7 Å². The summed E-state index contributed by atoms with van der Waals surface area (Å²) in [5.41, 5.74) is 2.45. The highest BCUT2D eigenvalue weighted by molar-refractivity contribution is 6.05. The largest absolute Gasteiger partial charge is 0.487 e. The number of hydrogen-bond donors (Lipinski definition) is 1. The molecule has 0 radical (unpaired) electrons. The van der Waals surface area contributed by atoms with Crippen LogP contribution in [0.4, 0.5) is 14.5 Å². The average molecular weight is 353 g/mol. The van der Waals surface area contributed by atoms with Crippen LogP contribution in [0.25, 0.3) is 0 Å². The van der Waals surface area contributed by atoms with E-state index < -0.39 is 17.5 Å². The molecule has 0 aliphatic rings. The van der Waals surface area contributed by atoms with Crippen LogP contribution >= 0.6 is 0 Å². The Labute approximate surface area is 150 Å². The fourth-order valence-corrected chi connectivity index (χ4v) is 2.42. The molecule has 3 aromatic carbocycles. The van der Waals surface area contributed by atoms with E-state index in [0.717, 1.165) is 23.3 Å². The van der Waals surface area contributed by atoms with Gasteiger partial charge in [0.05, 0.1) is 5.69 Å². The van der Waals surface area contributed by atoms with Crippen LogP contribution in [0.5, 0.6) is 5.75 Å². The molecule has 0 bridgehead atoms. The molecular weight excluding hydrogens is 336 g/mol. The number of rotatable bonds is 5. The summed E-state index contributed by atoms with van der Waals surface area (Å²) in [7, 11) is 0. The molecule has 3 aromatic rings. The highest BCUT2D eigenvalue weighted by Gasteiger charge is 2.13. The van der Waals surface area contributed by atoms with Gasteiger partial charge in [-0.2, -0.15) is 0 Å². The lowest BCUT2D eigenvalue weighted by molar-refractivity contribution is 0.102. The molecule has 0 aliphatic heterocycles. The maximum Gasteiger partial charge on any atom is 0.255 e. The Morgan fingerprint density at radius 1 is 0.962 bits per heavy atom. The first kappa shape index (κ1) is 17.6. The van der Waals surface area contributed by atoms with Crippen molar-refractivity contribution in [2.75, 3.05) is 5.32 Å². The van der Waals surface area contributed by atoms with E-state index in [4.69, 9.17) is 4.74 Å². The van der Waals surface area contributed by atoms with Gasteiger partial charge in [-0.3, -0.25) is 4.79 Å². The second-order valence-corrected chi connectivity index (χ2v) is 5.86. The quantitative estimate of drug-likeness (QED) is 0.693. The lowest BCUT2D eigenvalue weighted by atomic mass is 10.1. The molecule has 0 spiro atoms. The molecule has 0 unspecified atom stereocenters. The molecular formula is C21H17F2NO2. The van der Waals surface area contributed by atoms with Gasteiger partial charge in [-0.05, 0) is 48.4 Å². The first-order valence-corrected chi connectivity index (χ1v) is 8.07. The Balaban J connectivity index is 1.78. The molecule has 0 fully saturated rings. The van der Waals surface area contributed by atoms with Crippen LogP contribution in [0.3, 0.4) is 0 Å². The SMILES string of the molecule is Cc1ccc(NC(=O)c2ccc(F)c(F)c2)c(OCc2ccccc2)c1. The lowest BCUT2D eigenvalue weighted by Crippen LogP contribution is -2.13. The van der Waals surface area contributed by atoms with Gasteiger partial charge in [-0.25, -0.2) is 8.78 Å². The molecule has 0 saturated carbocycles. The van der Waals surface area contributed by atoms with Crippen LogP contribution in [0.2, 0.25) is 0 Å². The van der Waals surface area contributed by atoms with Gasteiger partial charge in [0, 0.05) is 5.56 Å². The van der Waals surface area contributed by atoms with E-state index in [9.17, 15) is 13.6 Å². The minimum absolute atomic E-state index is 0.0264. The monoisotopic (exact) mass is 353 g/mol. The van der Waals surface area contributed by atoms with E-state index in [0.29, 0.717) is 18.0 Å². The summed E-state index contributed by atoms with van der Waals surface area (Å²) in [6, 6.07) is 18.0. The van der Waals surface area contributed by atoms with Crippen LogP contribution in [0.1, 0.15) is 21.5 Å². The minimum Gasteiger partial charge on any atom is -0.487 e. The first-order valence-electron chi connectivity index (χ1n) is 8.07. The van der Waals surface area contributed by atoms with Crippen LogP contribution in [0, 0.1) is 18.6 Å². The minimum atomic E-state index is -1.07. The highest BCUT2D eigenvalue weighted by atomic mass is 19.2. The third-order valence-electron chi connectivity index (χ3n) is 3.80. The molecule has 0 saturated heterocycles. The molecule has 132 valence electrons. The van der Waals surface area contributed by atoms with Gasteiger partial charge in [0.2, 0.25) is 0 Å². The molecule has 1 amide bonds. The number of aryl methyl sites for hydroxylation is 1. The predicted octanol–water partition coefficient (Wildman–Crippen LogP) is 5.10. The van der Waals surface area contributed by atoms with E-state index in [1.54, 1.807) is 6.07 Å². The third-order valence-corrected chi connectivity index (χ3v) is 3.80. The third kappa shape index (κ3) is 4.25. The van der Waals surface area contributed by atoms with Crippen molar-refractivity contribution < 1.29 is 18.3 Å². The van der Waals surface area contributed by atoms with Gasteiger partial charge in [0.25, 0.3) is 5.91 Å². The Bertz CT molecular complexity index is 927. The van der Waals surface area contributed by atoms with E-state index in [1.165, 1.54) is 6.07 Å². The lowest BCUT2D eigenvalue weighted by Gasteiger charge is -2.14. The number of hydrogen-bond acceptors (Lipinski definition) is 2. The number of carbonyl (C=O) groups is 1. The van der Waals surface area contributed by atoms with Crippen molar-refractivity contribution in [1.82, 2.24) is 0 Å². The van der Waals surface area contributed by atoms with E-state index in [1.807, 2.05) is 49.4 Å². The molecule has 0 aliphatic carbocycles. The smallest absolute Gasteiger partial charge is 0.255 e. The summed E-state index contributed by atoms with van der Waals surface area (Å²) in [4.78, 5) is 12.3. The predicted molar refractivity (Wildman–Crippen MR) is 96.3 cm³/mol. The summed E-state index contributed by atoms with van der Waals surface area (Å²) in [6.45, 7) is 2.26. The molecule has 3 rings (SSSR count). The Morgan fingerprint density at radius 2 is 1.73 bits per heavy atom. The van der Waals surface area contributed by atoms with Gasteiger partial charge in [0.1, 0.15) is 12.4 Å². The molecule has 3 nitrogen and oxygen atoms in total.